The number of hydrogen-bond donors (Lipinski definition) is 4. The molecule has 2 rings (SSSR count). The number of amides is 1. The number of rotatable bonds is 5. The highest BCUT2D eigenvalue weighted by Gasteiger charge is 2.10. The first-order valence-electron chi connectivity index (χ1n) is 6.24. The standard InChI is InChI=1S/C12H14BrN5O3/c1-6-7(11(20)17-12(21)16-6)2-3-10(19)14-5-9-8(13)4-15-18-9/h4H,2-3,5H2,1H3,(H,14,19)(H,15,18)(H2,16,17,20,21). The number of halogens is 1. The summed E-state index contributed by atoms with van der Waals surface area (Å²) in [6.07, 6.45) is 2.01. The van der Waals surface area contributed by atoms with E-state index < -0.39 is 11.2 Å². The van der Waals surface area contributed by atoms with Gasteiger partial charge in [-0.3, -0.25) is 19.7 Å². The minimum absolute atomic E-state index is 0.154. The van der Waals surface area contributed by atoms with Crippen LogP contribution in [0.25, 0.3) is 0 Å². The average Bonchev–Trinajstić information content (AvgIpc) is 2.80. The maximum absolute atomic E-state index is 11.8. The molecule has 0 aliphatic heterocycles. The topological polar surface area (TPSA) is 123 Å². The van der Waals surface area contributed by atoms with Crippen LogP contribution < -0.4 is 16.6 Å². The number of aryl methyl sites for hydroxylation is 1. The lowest BCUT2D eigenvalue weighted by atomic mass is 10.1. The maximum Gasteiger partial charge on any atom is 0.325 e. The molecule has 0 spiro atoms. The average molecular weight is 356 g/mol. The molecule has 0 fully saturated rings. The molecule has 2 aromatic heterocycles. The van der Waals surface area contributed by atoms with Crippen molar-refractivity contribution in [2.75, 3.05) is 0 Å². The van der Waals surface area contributed by atoms with Crippen molar-refractivity contribution < 1.29 is 4.79 Å². The van der Waals surface area contributed by atoms with E-state index in [1.54, 1.807) is 13.1 Å². The van der Waals surface area contributed by atoms with Gasteiger partial charge in [0.15, 0.2) is 0 Å². The molecule has 0 saturated carbocycles. The molecule has 0 bridgehead atoms. The summed E-state index contributed by atoms with van der Waals surface area (Å²) in [7, 11) is 0. The van der Waals surface area contributed by atoms with Crippen LogP contribution in [0, 0.1) is 6.92 Å². The molecule has 8 nitrogen and oxygen atoms in total. The second-order valence-electron chi connectivity index (χ2n) is 4.49. The number of nitrogens with zero attached hydrogens (tertiary/aromatic N) is 1. The van der Waals surface area contributed by atoms with Gasteiger partial charge in [-0.15, -0.1) is 0 Å². The molecule has 9 heteroatoms. The highest BCUT2D eigenvalue weighted by molar-refractivity contribution is 9.10. The molecule has 112 valence electrons. The van der Waals surface area contributed by atoms with E-state index in [-0.39, 0.29) is 18.7 Å². The molecule has 0 atom stereocenters. The predicted octanol–water partition coefficient (Wildman–Crippen LogP) is 0.106. The molecule has 0 aliphatic rings. The summed E-state index contributed by atoms with van der Waals surface area (Å²) < 4.78 is 0.788. The molecular formula is C12H14BrN5O3. The van der Waals surface area contributed by atoms with E-state index >= 15 is 0 Å². The summed E-state index contributed by atoms with van der Waals surface area (Å²) in [6.45, 7) is 1.95. The Morgan fingerprint density at radius 3 is 2.76 bits per heavy atom. The van der Waals surface area contributed by atoms with E-state index in [9.17, 15) is 14.4 Å². The van der Waals surface area contributed by atoms with Crippen molar-refractivity contribution in [3.05, 3.63) is 48.5 Å². The zero-order valence-electron chi connectivity index (χ0n) is 11.2. The molecule has 2 heterocycles. The number of hydrogen-bond acceptors (Lipinski definition) is 4. The third-order valence-corrected chi connectivity index (χ3v) is 3.67. The van der Waals surface area contributed by atoms with Crippen LogP contribution in [-0.4, -0.2) is 26.1 Å². The number of carbonyl (C=O) groups is 1. The smallest absolute Gasteiger partial charge is 0.325 e. The molecule has 0 aromatic carbocycles. The summed E-state index contributed by atoms with van der Waals surface area (Å²) in [6, 6.07) is 0. The Bertz CT molecular complexity index is 761. The number of nitrogens with one attached hydrogen (secondary N) is 4. The number of carbonyl (C=O) groups excluding carboxylic acids is 1. The van der Waals surface area contributed by atoms with Gasteiger partial charge >= 0.3 is 5.69 Å². The van der Waals surface area contributed by atoms with Crippen molar-refractivity contribution in [3.8, 4) is 0 Å². The Labute approximate surface area is 127 Å². The van der Waals surface area contributed by atoms with Gasteiger partial charge in [-0.2, -0.15) is 5.10 Å². The molecule has 0 unspecified atom stereocenters. The third-order valence-electron chi connectivity index (χ3n) is 2.98. The van der Waals surface area contributed by atoms with Gasteiger partial charge in [0, 0.05) is 17.7 Å². The van der Waals surface area contributed by atoms with E-state index in [2.05, 4.69) is 41.4 Å². The Morgan fingerprint density at radius 1 is 1.38 bits per heavy atom. The Morgan fingerprint density at radius 2 is 2.14 bits per heavy atom. The van der Waals surface area contributed by atoms with Crippen LogP contribution in [0.5, 0.6) is 0 Å². The highest BCUT2D eigenvalue weighted by Crippen LogP contribution is 2.11. The summed E-state index contributed by atoms with van der Waals surface area (Å²) in [5.41, 5.74) is 0.650. The number of aromatic amines is 3. The fraction of sp³-hybridized carbons (Fsp3) is 0.333. The van der Waals surface area contributed by atoms with Gasteiger partial charge in [-0.05, 0) is 29.3 Å². The van der Waals surface area contributed by atoms with Gasteiger partial charge in [0.25, 0.3) is 5.56 Å². The van der Waals surface area contributed by atoms with E-state index in [4.69, 9.17) is 0 Å². The first-order valence-corrected chi connectivity index (χ1v) is 7.03. The molecule has 21 heavy (non-hydrogen) atoms. The van der Waals surface area contributed by atoms with Crippen LogP contribution in [0.2, 0.25) is 0 Å². The second kappa shape index (κ2) is 6.53. The molecule has 0 radical (unpaired) electrons. The zero-order chi connectivity index (χ0) is 15.4. The van der Waals surface area contributed by atoms with E-state index in [0.29, 0.717) is 17.8 Å². The minimum atomic E-state index is -0.546. The quantitative estimate of drug-likeness (QED) is 0.607. The van der Waals surface area contributed by atoms with Crippen molar-refractivity contribution in [1.82, 2.24) is 25.5 Å². The maximum atomic E-state index is 11.8. The Kier molecular flexibility index (Phi) is 4.73. The second-order valence-corrected chi connectivity index (χ2v) is 5.34. The van der Waals surface area contributed by atoms with E-state index in [1.807, 2.05) is 0 Å². The van der Waals surface area contributed by atoms with Crippen molar-refractivity contribution in [2.24, 2.45) is 0 Å². The first kappa shape index (κ1) is 15.2. The van der Waals surface area contributed by atoms with Crippen LogP contribution in [0.3, 0.4) is 0 Å². The Hall–Kier alpha value is -2.16. The van der Waals surface area contributed by atoms with Gasteiger partial charge in [0.1, 0.15) is 0 Å². The highest BCUT2D eigenvalue weighted by atomic mass is 79.9. The van der Waals surface area contributed by atoms with Crippen molar-refractivity contribution in [1.29, 1.82) is 0 Å². The molecule has 4 N–H and O–H groups in total. The lowest BCUT2D eigenvalue weighted by Gasteiger charge is -2.05. The van der Waals surface area contributed by atoms with Gasteiger partial charge in [-0.1, -0.05) is 0 Å². The summed E-state index contributed by atoms with van der Waals surface area (Å²) in [5, 5.41) is 9.30. The Balaban J connectivity index is 1.91. The van der Waals surface area contributed by atoms with Crippen molar-refractivity contribution >= 4 is 21.8 Å². The lowest BCUT2D eigenvalue weighted by molar-refractivity contribution is -0.121. The van der Waals surface area contributed by atoms with Crippen LogP contribution in [0.1, 0.15) is 23.4 Å². The van der Waals surface area contributed by atoms with Gasteiger partial charge < -0.3 is 10.3 Å². The van der Waals surface area contributed by atoms with Crippen LogP contribution in [0.15, 0.2) is 20.3 Å². The predicted molar refractivity (Wildman–Crippen MR) is 78.9 cm³/mol. The van der Waals surface area contributed by atoms with Crippen LogP contribution in [0.4, 0.5) is 0 Å². The fourth-order valence-electron chi connectivity index (χ4n) is 1.86. The monoisotopic (exact) mass is 355 g/mol. The summed E-state index contributed by atoms with van der Waals surface area (Å²) >= 11 is 3.29. The minimum Gasteiger partial charge on any atom is -0.350 e. The molecule has 0 aliphatic carbocycles. The first-order chi connectivity index (χ1) is 9.97. The third kappa shape index (κ3) is 3.91. The number of aromatic nitrogens is 4. The summed E-state index contributed by atoms with van der Waals surface area (Å²) in [4.78, 5) is 39.1. The van der Waals surface area contributed by atoms with Crippen LogP contribution in [-0.2, 0) is 17.8 Å². The van der Waals surface area contributed by atoms with Gasteiger partial charge in [0.2, 0.25) is 5.91 Å². The molecule has 1 amide bonds. The van der Waals surface area contributed by atoms with Gasteiger partial charge in [-0.25, -0.2) is 4.79 Å². The molecule has 0 saturated heterocycles. The molecule has 2 aromatic rings. The van der Waals surface area contributed by atoms with E-state index in [0.717, 1.165) is 10.2 Å². The normalized spacial score (nSPS) is 10.6. The SMILES string of the molecule is Cc1[nH]c(=O)[nH]c(=O)c1CCC(=O)NCc1[nH]ncc1Br. The fourth-order valence-corrected chi connectivity index (χ4v) is 2.19. The zero-order valence-corrected chi connectivity index (χ0v) is 12.8. The van der Waals surface area contributed by atoms with E-state index in [1.165, 1.54) is 0 Å². The van der Waals surface area contributed by atoms with Crippen molar-refractivity contribution in [2.45, 2.75) is 26.3 Å². The van der Waals surface area contributed by atoms with Gasteiger partial charge in [0.05, 0.1) is 22.9 Å². The molecular weight excluding hydrogens is 342 g/mol. The van der Waals surface area contributed by atoms with Crippen molar-refractivity contribution in [3.63, 3.8) is 0 Å². The summed E-state index contributed by atoms with van der Waals surface area (Å²) in [5.74, 6) is -0.193. The number of H-pyrrole nitrogens is 3. The largest absolute Gasteiger partial charge is 0.350 e. The lowest BCUT2D eigenvalue weighted by Crippen LogP contribution is -2.29. The van der Waals surface area contributed by atoms with Crippen LogP contribution >= 0.6 is 15.9 Å².